The maximum Gasteiger partial charge on any atom is 0.255 e. The number of halogens is 2. The van der Waals surface area contributed by atoms with Crippen molar-refractivity contribution in [2.45, 2.75) is 13.0 Å². The Balaban J connectivity index is 2.26. The van der Waals surface area contributed by atoms with Crippen LogP contribution in [0.2, 0.25) is 0 Å². The zero-order valence-corrected chi connectivity index (χ0v) is 15.3. The van der Waals surface area contributed by atoms with Gasteiger partial charge in [-0.2, -0.15) is 0 Å². The molecule has 1 atom stereocenters. The first kappa shape index (κ1) is 16.7. The summed E-state index contributed by atoms with van der Waals surface area (Å²) < 4.78 is 7.06. The van der Waals surface area contributed by atoms with E-state index in [1.54, 1.807) is 11.0 Å². The number of rotatable bonds is 3. The topological polar surface area (TPSA) is 58.6 Å². The molecule has 21 heavy (non-hydrogen) atoms. The Kier molecular flexibility index (Phi) is 6.00. The van der Waals surface area contributed by atoms with Gasteiger partial charge in [-0.1, -0.05) is 15.9 Å². The van der Waals surface area contributed by atoms with E-state index in [4.69, 9.17) is 4.74 Å². The van der Waals surface area contributed by atoms with E-state index in [2.05, 4.69) is 43.8 Å². The summed E-state index contributed by atoms with van der Waals surface area (Å²) in [6, 6.07) is 4.98. The molecule has 0 radical (unpaired) electrons. The molecule has 1 aromatic rings. The molecule has 2 rings (SSSR count). The van der Waals surface area contributed by atoms with Gasteiger partial charge >= 0.3 is 0 Å². The predicted octanol–water partition coefficient (Wildman–Crippen LogP) is 2.03. The summed E-state index contributed by atoms with van der Waals surface area (Å²) in [4.78, 5) is 26.5. The highest BCUT2D eigenvalue weighted by molar-refractivity contribution is 14.1. The Morgan fingerprint density at radius 3 is 3.00 bits per heavy atom. The minimum atomic E-state index is -0.569. The van der Waals surface area contributed by atoms with Crippen LogP contribution >= 0.6 is 38.5 Å². The second-order valence-corrected chi connectivity index (χ2v) is 6.69. The molecule has 0 aromatic heterocycles. The number of hydrogen-bond acceptors (Lipinski definition) is 3. The largest absolute Gasteiger partial charge is 0.377 e. The Morgan fingerprint density at radius 2 is 2.29 bits per heavy atom. The Bertz CT molecular complexity index is 553. The first-order valence-electron chi connectivity index (χ1n) is 6.66. The molecule has 1 heterocycles. The molecule has 1 unspecified atom stereocenters. The van der Waals surface area contributed by atoms with E-state index in [1.807, 2.05) is 19.1 Å². The van der Waals surface area contributed by atoms with Gasteiger partial charge in [0.1, 0.15) is 6.04 Å². The van der Waals surface area contributed by atoms with Crippen LogP contribution in [0.1, 0.15) is 17.3 Å². The minimum absolute atomic E-state index is 0.139. The summed E-state index contributed by atoms with van der Waals surface area (Å²) in [7, 11) is 0. The fourth-order valence-electron chi connectivity index (χ4n) is 2.17. The van der Waals surface area contributed by atoms with Crippen molar-refractivity contribution >= 4 is 50.3 Å². The number of likely N-dealkylation sites (N-methyl/N-ethyl adjacent to an activating group) is 1. The lowest BCUT2D eigenvalue weighted by Crippen LogP contribution is -2.56. The summed E-state index contributed by atoms with van der Waals surface area (Å²) in [6.07, 6.45) is 0. The Labute approximate surface area is 145 Å². The molecule has 2 amide bonds. The molecular formula is C14H16BrIN2O3. The van der Waals surface area contributed by atoms with E-state index < -0.39 is 6.04 Å². The number of amides is 2. The molecule has 1 aromatic carbocycles. The van der Waals surface area contributed by atoms with E-state index in [1.165, 1.54) is 0 Å². The monoisotopic (exact) mass is 466 g/mol. The van der Waals surface area contributed by atoms with Crippen molar-refractivity contribution < 1.29 is 14.3 Å². The van der Waals surface area contributed by atoms with Crippen molar-refractivity contribution in [3.8, 4) is 0 Å². The number of ether oxygens (including phenoxy) is 1. The van der Waals surface area contributed by atoms with Crippen LogP contribution < -0.4 is 5.32 Å². The van der Waals surface area contributed by atoms with Crippen LogP contribution in [0.4, 0.5) is 0 Å². The fraction of sp³-hybridized carbons (Fsp3) is 0.429. The lowest BCUT2D eigenvalue weighted by Gasteiger charge is -2.34. The molecule has 5 nitrogen and oxygen atoms in total. The first-order valence-corrected chi connectivity index (χ1v) is 8.53. The molecule has 0 aliphatic carbocycles. The van der Waals surface area contributed by atoms with Gasteiger partial charge in [-0.15, -0.1) is 0 Å². The molecule has 1 aliphatic rings. The maximum absolute atomic E-state index is 12.8. The van der Waals surface area contributed by atoms with Crippen LogP contribution in [0.5, 0.6) is 0 Å². The van der Waals surface area contributed by atoms with Gasteiger partial charge in [-0.3, -0.25) is 9.59 Å². The standard InChI is InChI=1S/C14H16BrIN2O3/c1-2-17-13(19)12-8-21-6-5-18(12)14(20)10-7-9(15)3-4-11(10)16/h3-4,7,12H,2,5-6,8H2,1H3,(H,17,19). The van der Waals surface area contributed by atoms with Gasteiger partial charge in [0.25, 0.3) is 5.91 Å². The minimum Gasteiger partial charge on any atom is -0.377 e. The number of benzene rings is 1. The summed E-state index contributed by atoms with van der Waals surface area (Å²) >= 11 is 5.51. The van der Waals surface area contributed by atoms with Crippen molar-refractivity contribution in [2.24, 2.45) is 0 Å². The molecule has 0 spiro atoms. The van der Waals surface area contributed by atoms with Gasteiger partial charge in [-0.05, 0) is 47.7 Å². The number of hydrogen-bond donors (Lipinski definition) is 1. The van der Waals surface area contributed by atoms with E-state index in [-0.39, 0.29) is 18.4 Å². The molecule has 1 N–H and O–H groups in total. The Hall–Kier alpha value is -0.670. The number of morpholine rings is 1. The summed E-state index contributed by atoms with van der Waals surface area (Å²) in [6.45, 7) is 3.49. The molecule has 7 heteroatoms. The first-order chi connectivity index (χ1) is 10.0. The van der Waals surface area contributed by atoms with Gasteiger partial charge < -0.3 is 15.0 Å². The van der Waals surface area contributed by atoms with Crippen LogP contribution in [0.3, 0.4) is 0 Å². The highest BCUT2D eigenvalue weighted by Gasteiger charge is 2.33. The van der Waals surface area contributed by atoms with Crippen molar-refractivity contribution in [1.29, 1.82) is 0 Å². The van der Waals surface area contributed by atoms with Crippen molar-refractivity contribution in [1.82, 2.24) is 10.2 Å². The van der Waals surface area contributed by atoms with E-state index in [0.717, 1.165) is 8.04 Å². The van der Waals surface area contributed by atoms with Gasteiger partial charge in [0.2, 0.25) is 5.91 Å². The van der Waals surface area contributed by atoms with E-state index in [0.29, 0.717) is 25.3 Å². The van der Waals surface area contributed by atoms with Crippen LogP contribution in [-0.2, 0) is 9.53 Å². The van der Waals surface area contributed by atoms with Crippen molar-refractivity contribution in [3.05, 3.63) is 31.8 Å². The molecule has 114 valence electrons. The molecule has 0 saturated carbocycles. The molecule has 1 aliphatic heterocycles. The van der Waals surface area contributed by atoms with Gasteiger partial charge in [0.15, 0.2) is 0 Å². The van der Waals surface area contributed by atoms with E-state index >= 15 is 0 Å². The quantitative estimate of drug-likeness (QED) is 0.693. The summed E-state index contributed by atoms with van der Waals surface area (Å²) in [5.74, 6) is -0.309. The van der Waals surface area contributed by atoms with Gasteiger partial charge in [0.05, 0.1) is 18.8 Å². The highest BCUT2D eigenvalue weighted by Crippen LogP contribution is 2.22. The van der Waals surface area contributed by atoms with E-state index in [9.17, 15) is 9.59 Å². The van der Waals surface area contributed by atoms with Crippen LogP contribution in [0.15, 0.2) is 22.7 Å². The average molecular weight is 467 g/mol. The van der Waals surface area contributed by atoms with Crippen LogP contribution in [-0.4, -0.2) is 49.1 Å². The summed E-state index contributed by atoms with van der Waals surface area (Å²) in [5, 5.41) is 2.75. The molecular weight excluding hydrogens is 451 g/mol. The summed E-state index contributed by atoms with van der Waals surface area (Å²) in [5.41, 5.74) is 0.598. The van der Waals surface area contributed by atoms with Gasteiger partial charge in [-0.25, -0.2) is 0 Å². The third kappa shape index (κ3) is 3.95. The van der Waals surface area contributed by atoms with Crippen molar-refractivity contribution in [3.63, 3.8) is 0 Å². The number of carbonyl (C=O) groups is 2. The number of nitrogens with zero attached hydrogens (tertiary/aromatic N) is 1. The molecule has 0 bridgehead atoms. The zero-order chi connectivity index (χ0) is 15.4. The lowest BCUT2D eigenvalue weighted by molar-refractivity contribution is -0.130. The smallest absolute Gasteiger partial charge is 0.255 e. The second kappa shape index (κ2) is 7.55. The van der Waals surface area contributed by atoms with Crippen molar-refractivity contribution in [2.75, 3.05) is 26.3 Å². The third-order valence-corrected chi connectivity index (χ3v) is 4.64. The SMILES string of the molecule is CCNC(=O)C1COCCN1C(=O)c1cc(Br)ccc1I. The molecule has 1 saturated heterocycles. The number of carbonyl (C=O) groups excluding carboxylic acids is 2. The molecule has 1 fully saturated rings. The second-order valence-electron chi connectivity index (χ2n) is 4.61. The van der Waals surface area contributed by atoms with Gasteiger partial charge in [0, 0.05) is 21.1 Å². The number of nitrogens with one attached hydrogen (secondary N) is 1. The Morgan fingerprint density at radius 1 is 1.52 bits per heavy atom. The normalized spacial score (nSPS) is 18.4. The lowest BCUT2D eigenvalue weighted by atomic mass is 10.1. The maximum atomic E-state index is 12.8. The predicted molar refractivity (Wildman–Crippen MR) is 91.2 cm³/mol. The fourth-order valence-corrected chi connectivity index (χ4v) is 3.10. The van der Waals surface area contributed by atoms with Crippen LogP contribution in [0.25, 0.3) is 0 Å². The average Bonchev–Trinajstić information content (AvgIpc) is 2.49. The van der Waals surface area contributed by atoms with Crippen LogP contribution in [0, 0.1) is 3.57 Å². The zero-order valence-electron chi connectivity index (χ0n) is 11.6. The third-order valence-electron chi connectivity index (χ3n) is 3.20. The highest BCUT2D eigenvalue weighted by atomic mass is 127.